The molecule has 0 aromatic heterocycles. The molecule has 0 saturated carbocycles. The fourth-order valence-corrected chi connectivity index (χ4v) is 2.86. The number of aromatic hydroxyl groups is 1. The highest BCUT2D eigenvalue weighted by molar-refractivity contribution is 14.0. The third-order valence-corrected chi connectivity index (χ3v) is 4.47. The number of ether oxygens (including phenoxy) is 2. The Morgan fingerprint density at radius 3 is 2.48 bits per heavy atom. The number of hydrogen-bond acceptors (Lipinski definition) is 4. The van der Waals surface area contributed by atoms with Crippen molar-refractivity contribution < 1.29 is 14.6 Å². The number of hydrogen-bond donors (Lipinski definition) is 3. The van der Waals surface area contributed by atoms with E-state index in [1.54, 1.807) is 20.3 Å². The summed E-state index contributed by atoms with van der Waals surface area (Å²) in [4.78, 5) is 4.60. The SMILES string of the molecule is CCNC(=NCCc1ccc(OC)cc1O)NCCc1ccc(C)c(OC)c1.I. The van der Waals surface area contributed by atoms with Crippen LogP contribution in [0.1, 0.15) is 23.6 Å². The first-order valence-corrected chi connectivity index (χ1v) is 9.59. The molecule has 0 radical (unpaired) electrons. The Morgan fingerprint density at radius 1 is 1.03 bits per heavy atom. The van der Waals surface area contributed by atoms with Crippen LogP contribution in [0, 0.1) is 6.92 Å². The summed E-state index contributed by atoms with van der Waals surface area (Å²) in [5.41, 5.74) is 3.21. The number of methoxy groups -OCH3 is 2. The number of rotatable bonds is 9. The van der Waals surface area contributed by atoms with Crippen LogP contribution in [-0.2, 0) is 12.8 Å². The van der Waals surface area contributed by atoms with Gasteiger partial charge in [-0.15, -0.1) is 24.0 Å². The molecule has 0 heterocycles. The summed E-state index contributed by atoms with van der Waals surface area (Å²) in [6.45, 7) is 6.21. The summed E-state index contributed by atoms with van der Waals surface area (Å²) in [5, 5.41) is 16.7. The van der Waals surface area contributed by atoms with E-state index in [0.717, 1.165) is 42.3 Å². The van der Waals surface area contributed by atoms with Crippen LogP contribution in [0.15, 0.2) is 41.4 Å². The smallest absolute Gasteiger partial charge is 0.191 e. The van der Waals surface area contributed by atoms with Crippen molar-refractivity contribution in [2.45, 2.75) is 26.7 Å². The van der Waals surface area contributed by atoms with Crippen molar-refractivity contribution in [2.24, 2.45) is 4.99 Å². The van der Waals surface area contributed by atoms with Crippen LogP contribution in [0.4, 0.5) is 0 Å². The van der Waals surface area contributed by atoms with Gasteiger partial charge in [0.1, 0.15) is 17.2 Å². The third-order valence-electron chi connectivity index (χ3n) is 4.47. The number of aliphatic imine (C=N–C) groups is 1. The molecule has 160 valence electrons. The molecule has 0 fully saturated rings. The van der Waals surface area contributed by atoms with Gasteiger partial charge in [0.25, 0.3) is 0 Å². The second kappa shape index (κ2) is 13.1. The quantitative estimate of drug-likeness (QED) is 0.271. The predicted molar refractivity (Wildman–Crippen MR) is 129 cm³/mol. The maximum atomic E-state index is 10.1. The Bertz CT molecular complexity index is 797. The van der Waals surface area contributed by atoms with E-state index in [2.05, 4.69) is 33.8 Å². The van der Waals surface area contributed by atoms with E-state index >= 15 is 0 Å². The van der Waals surface area contributed by atoms with E-state index in [9.17, 15) is 5.11 Å². The first kappa shape index (κ1) is 24.9. The Balaban J connectivity index is 0.00000420. The molecule has 2 aromatic carbocycles. The van der Waals surface area contributed by atoms with Crippen molar-refractivity contribution >= 4 is 29.9 Å². The molecule has 0 amide bonds. The Kier molecular flexibility index (Phi) is 11.3. The zero-order chi connectivity index (χ0) is 20.4. The summed E-state index contributed by atoms with van der Waals surface area (Å²) < 4.78 is 10.5. The number of nitrogens with one attached hydrogen (secondary N) is 2. The molecule has 0 aliphatic heterocycles. The van der Waals surface area contributed by atoms with E-state index < -0.39 is 0 Å². The molecule has 0 spiro atoms. The van der Waals surface area contributed by atoms with Crippen LogP contribution in [0.3, 0.4) is 0 Å². The number of benzene rings is 2. The van der Waals surface area contributed by atoms with Gasteiger partial charge in [-0.05, 0) is 55.5 Å². The summed E-state index contributed by atoms with van der Waals surface area (Å²) in [7, 11) is 3.28. The standard InChI is InChI=1S/C22H31N3O3.HI/c1-5-23-22(24-12-10-17-7-6-16(2)21(14-17)28-4)25-13-11-18-8-9-19(27-3)15-20(18)26;/h6-9,14-15,26H,5,10-13H2,1-4H3,(H2,23,24,25);1H. The van der Waals surface area contributed by atoms with Crippen LogP contribution >= 0.6 is 24.0 Å². The monoisotopic (exact) mass is 513 g/mol. The van der Waals surface area contributed by atoms with E-state index in [1.807, 2.05) is 26.0 Å². The summed E-state index contributed by atoms with van der Waals surface area (Å²) in [6, 6.07) is 11.6. The Morgan fingerprint density at radius 2 is 1.83 bits per heavy atom. The molecule has 0 aliphatic carbocycles. The maximum absolute atomic E-state index is 10.1. The van der Waals surface area contributed by atoms with Gasteiger partial charge >= 0.3 is 0 Å². The van der Waals surface area contributed by atoms with Crippen molar-refractivity contribution in [3.63, 3.8) is 0 Å². The minimum Gasteiger partial charge on any atom is -0.508 e. The maximum Gasteiger partial charge on any atom is 0.191 e. The number of phenolic OH excluding ortho intramolecular Hbond substituents is 1. The third kappa shape index (κ3) is 8.00. The van der Waals surface area contributed by atoms with Gasteiger partial charge < -0.3 is 25.2 Å². The lowest BCUT2D eigenvalue weighted by atomic mass is 10.1. The van der Waals surface area contributed by atoms with Gasteiger partial charge in [0.05, 0.1) is 14.2 Å². The zero-order valence-electron chi connectivity index (χ0n) is 17.6. The summed E-state index contributed by atoms with van der Waals surface area (Å²) >= 11 is 0. The van der Waals surface area contributed by atoms with Crippen molar-refractivity contribution in [1.29, 1.82) is 0 Å². The van der Waals surface area contributed by atoms with Crippen LogP contribution < -0.4 is 20.1 Å². The average Bonchev–Trinajstić information content (AvgIpc) is 2.70. The lowest BCUT2D eigenvalue weighted by Crippen LogP contribution is -2.38. The van der Waals surface area contributed by atoms with Gasteiger partial charge in [0, 0.05) is 25.7 Å². The molecule has 0 atom stereocenters. The van der Waals surface area contributed by atoms with Crippen LogP contribution in [0.2, 0.25) is 0 Å². The minimum atomic E-state index is 0. The zero-order valence-corrected chi connectivity index (χ0v) is 19.9. The van der Waals surface area contributed by atoms with Gasteiger partial charge in [-0.1, -0.05) is 18.2 Å². The molecule has 7 heteroatoms. The fraction of sp³-hybridized carbons (Fsp3) is 0.409. The van der Waals surface area contributed by atoms with Crippen molar-refractivity contribution in [3.05, 3.63) is 53.1 Å². The molecule has 0 bridgehead atoms. The highest BCUT2D eigenvalue weighted by Crippen LogP contribution is 2.23. The number of aryl methyl sites for hydroxylation is 1. The van der Waals surface area contributed by atoms with Gasteiger partial charge in [0.15, 0.2) is 5.96 Å². The predicted octanol–water partition coefficient (Wildman–Crippen LogP) is 3.68. The molecular formula is C22H32IN3O3. The average molecular weight is 513 g/mol. The molecule has 6 nitrogen and oxygen atoms in total. The molecule has 0 saturated heterocycles. The van der Waals surface area contributed by atoms with Gasteiger partial charge in [-0.2, -0.15) is 0 Å². The lowest BCUT2D eigenvalue weighted by molar-refractivity contribution is 0.406. The Hall–Kier alpha value is -2.16. The van der Waals surface area contributed by atoms with Crippen molar-refractivity contribution in [2.75, 3.05) is 33.9 Å². The lowest BCUT2D eigenvalue weighted by Gasteiger charge is -2.12. The van der Waals surface area contributed by atoms with E-state index in [1.165, 1.54) is 5.56 Å². The highest BCUT2D eigenvalue weighted by atomic mass is 127. The van der Waals surface area contributed by atoms with E-state index in [-0.39, 0.29) is 29.7 Å². The van der Waals surface area contributed by atoms with Crippen LogP contribution in [0.25, 0.3) is 0 Å². The Labute approximate surface area is 190 Å². The second-order valence-corrected chi connectivity index (χ2v) is 6.49. The van der Waals surface area contributed by atoms with Gasteiger partial charge in [0.2, 0.25) is 0 Å². The molecule has 2 rings (SSSR count). The molecular weight excluding hydrogens is 481 g/mol. The topological polar surface area (TPSA) is 75.1 Å². The largest absolute Gasteiger partial charge is 0.508 e. The first-order valence-electron chi connectivity index (χ1n) is 9.59. The van der Waals surface area contributed by atoms with E-state index in [4.69, 9.17) is 9.47 Å². The summed E-state index contributed by atoms with van der Waals surface area (Å²) in [5.74, 6) is 2.57. The van der Waals surface area contributed by atoms with E-state index in [0.29, 0.717) is 18.7 Å². The van der Waals surface area contributed by atoms with Gasteiger partial charge in [-0.25, -0.2) is 0 Å². The number of nitrogens with zero attached hydrogens (tertiary/aromatic N) is 1. The minimum absolute atomic E-state index is 0. The first-order chi connectivity index (χ1) is 13.6. The molecule has 29 heavy (non-hydrogen) atoms. The van der Waals surface area contributed by atoms with Crippen molar-refractivity contribution in [1.82, 2.24) is 10.6 Å². The van der Waals surface area contributed by atoms with Gasteiger partial charge in [-0.3, -0.25) is 4.99 Å². The number of halogens is 1. The highest BCUT2D eigenvalue weighted by Gasteiger charge is 2.04. The normalized spacial score (nSPS) is 10.8. The van der Waals surface area contributed by atoms with Crippen LogP contribution in [0.5, 0.6) is 17.2 Å². The number of phenols is 1. The molecule has 0 unspecified atom stereocenters. The molecule has 2 aromatic rings. The molecule has 0 aliphatic rings. The summed E-state index contributed by atoms with van der Waals surface area (Å²) in [6.07, 6.45) is 1.53. The fourth-order valence-electron chi connectivity index (χ4n) is 2.86. The number of guanidine groups is 1. The second-order valence-electron chi connectivity index (χ2n) is 6.49. The van der Waals surface area contributed by atoms with Crippen molar-refractivity contribution in [3.8, 4) is 17.2 Å². The van der Waals surface area contributed by atoms with Crippen LogP contribution in [-0.4, -0.2) is 44.9 Å². The molecule has 3 N–H and O–H groups in total.